The van der Waals surface area contributed by atoms with Crippen molar-refractivity contribution in [3.05, 3.63) is 29.8 Å². The molecule has 1 aromatic carbocycles. The van der Waals surface area contributed by atoms with Crippen LogP contribution in [0, 0.1) is 0 Å². The summed E-state index contributed by atoms with van der Waals surface area (Å²) in [5.74, 6) is -0.269. The van der Waals surface area contributed by atoms with Gasteiger partial charge in [-0.3, -0.25) is 4.79 Å². The molecule has 162 valence electrons. The summed E-state index contributed by atoms with van der Waals surface area (Å²) in [6.07, 6.45) is 4.09. The number of sulfonamides is 2. The lowest BCUT2D eigenvalue weighted by atomic mass is 9.99. The van der Waals surface area contributed by atoms with Crippen LogP contribution in [0.1, 0.15) is 49.9 Å². The predicted molar refractivity (Wildman–Crippen MR) is 111 cm³/mol. The summed E-state index contributed by atoms with van der Waals surface area (Å²) < 4.78 is 52.1. The molecule has 1 aromatic rings. The number of carbonyl (C=O) groups is 1. The molecule has 0 radical (unpaired) electrons. The van der Waals surface area contributed by atoms with Crippen molar-refractivity contribution >= 4 is 26.0 Å². The molecule has 2 saturated heterocycles. The molecule has 2 fully saturated rings. The summed E-state index contributed by atoms with van der Waals surface area (Å²) in [6.45, 7) is 4.33. The maximum Gasteiger partial charge on any atom is 0.251 e. The fraction of sp³-hybridized carbons (Fsp3) is 0.632. The number of nitrogens with one attached hydrogen (secondary N) is 1. The predicted octanol–water partition coefficient (Wildman–Crippen LogP) is 1.40. The minimum atomic E-state index is -3.56. The molecule has 0 aromatic heterocycles. The lowest BCUT2D eigenvalue weighted by Crippen LogP contribution is -2.52. The van der Waals surface area contributed by atoms with Crippen LogP contribution in [0.5, 0.6) is 0 Å². The molecular weight excluding hydrogens is 414 g/mol. The Hall–Kier alpha value is -1.49. The van der Waals surface area contributed by atoms with Gasteiger partial charge in [0.15, 0.2) is 0 Å². The Morgan fingerprint density at radius 2 is 1.55 bits per heavy atom. The molecule has 0 spiro atoms. The highest BCUT2D eigenvalue weighted by molar-refractivity contribution is 7.89. The maximum atomic E-state index is 12.6. The monoisotopic (exact) mass is 443 g/mol. The minimum absolute atomic E-state index is 0.0596. The van der Waals surface area contributed by atoms with Crippen LogP contribution < -0.4 is 5.32 Å². The average Bonchev–Trinajstić information content (AvgIpc) is 2.95. The van der Waals surface area contributed by atoms with Crippen LogP contribution in [0.4, 0.5) is 0 Å². The molecule has 2 bridgehead atoms. The molecule has 2 aliphatic heterocycles. The number of carbonyl (C=O) groups excluding carboxylic acids is 1. The second-order valence-electron chi connectivity index (χ2n) is 7.73. The van der Waals surface area contributed by atoms with E-state index in [9.17, 15) is 21.6 Å². The van der Waals surface area contributed by atoms with E-state index in [0.29, 0.717) is 31.5 Å². The Balaban J connectivity index is 1.67. The maximum absolute atomic E-state index is 12.6. The van der Waals surface area contributed by atoms with Gasteiger partial charge in [-0.15, -0.1) is 0 Å². The topological polar surface area (TPSA) is 104 Å². The van der Waals surface area contributed by atoms with E-state index in [0.717, 1.165) is 12.8 Å². The van der Waals surface area contributed by atoms with Crippen molar-refractivity contribution in [1.29, 1.82) is 0 Å². The van der Waals surface area contributed by atoms with Gasteiger partial charge < -0.3 is 5.32 Å². The summed E-state index contributed by atoms with van der Waals surface area (Å²) in [6, 6.07) is 5.75. The quantitative estimate of drug-likeness (QED) is 0.686. The van der Waals surface area contributed by atoms with Crippen molar-refractivity contribution < 1.29 is 21.6 Å². The molecule has 2 atom stereocenters. The molecule has 2 aliphatic rings. The van der Waals surface area contributed by atoms with Gasteiger partial charge in [-0.05, 0) is 49.9 Å². The molecule has 29 heavy (non-hydrogen) atoms. The number of piperidine rings is 1. The van der Waals surface area contributed by atoms with Gasteiger partial charge in [0.2, 0.25) is 20.0 Å². The number of fused-ring (bicyclic) bond motifs is 2. The summed E-state index contributed by atoms with van der Waals surface area (Å²) in [7, 11) is -6.79. The molecule has 10 heteroatoms. The highest BCUT2D eigenvalue weighted by Gasteiger charge is 2.45. The van der Waals surface area contributed by atoms with Crippen LogP contribution >= 0.6 is 0 Å². The summed E-state index contributed by atoms with van der Waals surface area (Å²) in [4.78, 5) is 12.8. The third-order valence-electron chi connectivity index (χ3n) is 5.84. The number of hydrogen-bond acceptors (Lipinski definition) is 5. The van der Waals surface area contributed by atoms with Crippen LogP contribution in [-0.2, 0) is 20.0 Å². The largest absolute Gasteiger partial charge is 0.349 e. The van der Waals surface area contributed by atoms with Crippen molar-refractivity contribution in [2.24, 2.45) is 0 Å². The molecule has 0 saturated carbocycles. The van der Waals surface area contributed by atoms with Gasteiger partial charge in [0.05, 0.1) is 11.2 Å². The highest BCUT2D eigenvalue weighted by Crippen LogP contribution is 2.37. The van der Waals surface area contributed by atoms with Crippen LogP contribution in [0.15, 0.2) is 29.2 Å². The normalized spacial score (nSPS) is 25.3. The Morgan fingerprint density at radius 1 is 1.03 bits per heavy atom. The first-order chi connectivity index (χ1) is 13.6. The van der Waals surface area contributed by atoms with E-state index in [1.807, 2.05) is 0 Å². The zero-order valence-electron chi connectivity index (χ0n) is 17.0. The zero-order valence-corrected chi connectivity index (χ0v) is 18.7. The van der Waals surface area contributed by atoms with E-state index in [-0.39, 0.29) is 28.9 Å². The van der Waals surface area contributed by atoms with Crippen molar-refractivity contribution in [3.8, 4) is 0 Å². The van der Waals surface area contributed by atoms with E-state index in [4.69, 9.17) is 0 Å². The molecule has 2 heterocycles. The van der Waals surface area contributed by atoms with Crippen molar-refractivity contribution in [2.75, 3.05) is 19.3 Å². The van der Waals surface area contributed by atoms with Crippen molar-refractivity contribution in [1.82, 2.24) is 13.9 Å². The number of hydrogen-bond donors (Lipinski definition) is 1. The van der Waals surface area contributed by atoms with Gasteiger partial charge in [0.1, 0.15) is 0 Å². The fourth-order valence-corrected chi connectivity index (χ4v) is 7.48. The van der Waals surface area contributed by atoms with Crippen LogP contribution in [0.3, 0.4) is 0 Å². The van der Waals surface area contributed by atoms with Crippen molar-refractivity contribution in [3.63, 3.8) is 0 Å². The Labute approximate surface area is 173 Å². The molecule has 1 amide bonds. The molecule has 2 unspecified atom stereocenters. The van der Waals surface area contributed by atoms with Crippen LogP contribution in [0.25, 0.3) is 0 Å². The molecular formula is C19H29N3O5S2. The van der Waals surface area contributed by atoms with Crippen molar-refractivity contribution in [2.45, 2.75) is 62.6 Å². The molecule has 3 rings (SSSR count). The first-order valence-corrected chi connectivity index (χ1v) is 13.3. The lowest BCUT2D eigenvalue weighted by molar-refractivity contribution is 0.0909. The Kier molecular flexibility index (Phi) is 6.38. The second-order valence-corrected chi connectivity index (χ2v) is 11.6. The Morgan fingerprint density at radius 3 is 2.00 bits per heavy atom. The number of nitrogens with zero attached hydrogens (tertiary/aromatic N) is 2. The lowest BCUT2D eigenvalue weighted by Gasteiger charge is -2.37. The van der Waals surface area contributed by atoms with E-state index < -0.39 is 20.0 Å². The average molecular weight is 444 g/mol. The second kappa shape index (κ2) is 8.33. The SMILES string of the molecule is CCN(CC)S(=O)(=O)c1ccc(C(=O)NC2CC3CCC(C2)N3S(C)(=O)=O)cc1. The standard InChI is InChI=1S/C19H29N3O5S2/c1-4-21(5-2)29(26,27)18-10-6-14(7-11-18)19(23)20-15-12-16-8-9-17(13-15)22(16)28(3,24)25/h6-7,10-11,15-17H,4-5,8-9,12-13H2,1-3H3,(H,20,23). The van der Waals surface area contributed by atoms with Gasteiger partial charge in [0, 0.05) is 36.8 Å². The van der Waals surface area contributed by atoms with E-state index in [1.165, 1.54) is 34.8 Å². The van der Waals surface area contributed by atoms with Gasteiger partial charge in [-0.25, -0.2) is 16.8 Å². The molecule has 8 nitrogen and oxygen atoms in total. The molecule has 0 aliphatic carbocycles. The first-order valence-electron chi connectivity index (χ1n) is 9.97. The number of amides is 1. The van der Waals surface area contributed by atoms with Crippen LogP contribution in [0.2, 0.25) is 0 Å². The third-order valence-corrected chi connectivity index (χ3v) is 9.27. The van der Waals surface area contributed by atoms with E-state index in [1.54, 1.807) is 18.2 Å². The van der Waals surface area contributed by atoms with Gasteiger partial charge in [-0.2, -0.15) is 8.61 Å². The minimum Gasteiger partial charge on any atom is -0.349 e. The zero-order chi connectivity index (χ0) is 21.4. The smallest absolute Gasteiger partial charge is 0.251 e. The summed E-state index contributed by atoms with van der Waals surface area (Å²) in [5, 5.41) is 2.99. The molecule has 1 N–H and O–H groups in total. The highest BCUT2D eigenvalue weighted by atomic mass is 32.2. The fourth-order valence-electron chi connectivity index (χ4n) is 4.55. The van der Waals surface area contributed by atoms with Crippen LogP contribution in [-0.4, -0.2) is 68.8 Å². The van der Waals surface area contributed by atoms with E-state index >= 15 is 0 Å². The third kappa shape index (κ3) is 4.50. The summed E-state index contributed by atoms with van der Waals surface area (Å²) in [5.41, 5.74) is 0.390. The van der Waals surface area contributed by atoms with Gasteiger partial charge >= 0.3 is 0 Å². The van der Waals surface area contributed by atoms with Gasteiger partial charge in [-0.1, -0.05) is 13.8 Å². The number of benzene rings is 1. The first kappa shape index (κ1) is 22.2. The van der Waals surface area contributed by atoms with Gasteiger partial charge in [0.25, 0.3) is 5.91 Å². The van der Waals surface area contributed by atoms with E-state index in [2.05, 4.69) is 5.32 Å². The Bertz CT molecular complexity index is 942. The summed E-state index contributed by atoms with van der Waals surface area (Å²) >= 11 is 0. The number of rotatable bonds is 7.